The first-order valence-corrected chi connectivity index (χ1v) is 7.04. The zero-order valence-electron chi connectivity index (χ0n) is 12.2. The molecule has 0 unspecified atom stereocenters. The molecule has 2 aromatic rings. The summed E-state index contributed by atoms with van der Waals surface area (Å²) in [7, 11) is 0. The average Bonchev–Trinajstić information content (AvgIpc) is 3.03. The smallest absolute Gasteiger partial charge is 0.173 e. The van der Waals surface area contributed by atoms with E-state index in [-0.39, 0.29) is 24.5 Å². The molecule has 4 atom stereocenters. The van der Waals surface area contributed by atoms with Crippen LogP contribution >= 0.6 is 0 Å². The third-order valence-corrected chi connectivity index (χ3v) is 4.72. The van der Waals surface area contributed by atoms with Gasteiger partial charge in [-0.15, -0.1) is 6.42 Å². The van der Waals surface area contributed by atoms with Crippen LogP contribution in [0.25, 0.3) is 5.52 Å². The first-order chi connectivity index (χ1) is 10.0. The van der Waals surface area contributed by atoms with Crippen LogP contribution in [-0.4, -0.2) is 27.4 Å². The fourth-order valence-electron chi connectivity index (χ4n) is 3.20. The topological polar surface area (TPSA) is 72.8 Å². The van der Waals surface area contributed by atoms with Crippen LogP contribution in [0.15, 0.2) is 24.4 Å². The minimum absolute atomic E-state index is 0.0478. The van der Waals surface area contributed by atoms with E-state index < -0.39 is 5.60 Å². The first-order valence-electron chi connectivity index (χ1n) is 7.04. The molecule has 110 valence electrons. The molecule has 0 bridgehead atoms. The Morgan fingerprint density at radius 2 is 2.24 bits per heavy atom. The van der Waals surface area contributed by atoms with E-state index in [4.69, 9.17) is 16.9 Å². The molecule has 1 aliphatic heterocycles. The van der Waals surface area contributed by atoms with Crippen LogP contribution in [0.5, 0.6) is 0 Å². The quantitative estimate of drug-likeness (QED) is 0.818. The summed E-state index contributed by atoms with van der Waals surface area (Å²) in [6.07, 6.45) is 7.20. The standard InChI is InChI=1S/C16H19N3O2/c1-4-16(11(3)10(2)14(9-20)21-16)15-6-5-13-12(17)7-8-18-19(13)15/h1,5-8,10-11,14,20H,9,17H2,2-3H3/t10-,11+,14+,16+/m0/s1. The molecule has 0 amide bonds. The van der Waals surface area contributed by atoms with Crippen molar-refractivity contribution in [1.82, 2.24) is 9.61 Å². The number of fused-ring (bicyclic) bond motifs is 1. The molecule has 5 heteroatoms. The third kappa shape index (κ3) is 1.76. The molecule has 5 nitrogen and oxygen atoms in total. The number of aliphatic hydroxyl groups is 1. The maximum absolute atomic E-state index is 9.50. The van der Waals surface area contributed by atoms with Crippen molar-refractivity contribution in [2.75, 3.05) is 12.3 Å². The molecule has 1 saturated heterocycles. The van der Waals surface area contributed by atoms with E-state index in [1.165, 1.54) is 0 Å². The normalized spacial score (nSPS) is 32.4. The second kappa shape index (κ2) is 4.76. The van der Waals surface area contributed by atoms with Crippen molar-refractivity contribution in [2.24, 2.45) is 11.8 Å². The van der Waals surface area contributed by atoms with E-state index in [1.54, 1.807) is 16.8 Å². The number of hydrogen-bond acceptors (Lipinski definition) is 4. The number of rotatable bonds is 2. The summed E-state index contributed by atoms with van der Waals surface area (Å²) in [5.74, 6) is 3.01. The molecule has 21 heavy (non-hydrogen) atoms. The Morgan fingerprint density at radius 3 is 2.86 bits per heavy atom. The lowest BCUT2D eigenvalue weighted by atomic mass is 9.80. The first kappa shape index (κ1) is 13.9. The second-order valence-corrected chi connectivity index (χ2v) is 5.67. The number of aliphatic hydroxyl groups excluding tert-OH is 1. The molecule has 0 spiro atoms. The molecule has 1 aliphatic rings. The third-order valence-electron chi connectivity index (χ3n) is 4.72. The van der Waals surface area contributed by atoms with Gasteiger partial charge in [0.15, 0.2) is 5.60 Å². The van der Waals surface area contributed by atoms with E-state index in [0.29, 0.717) is 5.69 Å². The van der Waals surface area contributed by atoms with Gasteiger partial charge in [-0.3, -0.25) is 0 Å². The van der Waals surface area contributed by atoms with E-state index >= 15 is 0 Å². The van der Waals surface area contributed by atoms with Gasteiger partial charge < -0.3 is 15.6 Å². The number of nitrogens with zero attached hydrogens (tertiary/aromatic N) is 2. The van der Waals surface area contributed by atoms with Crippen LogP contribution in [0.1, 0.15) is 19.5 Å². The minimum Gasteiger partial charge on any atom is -0.397 e. The Kier molecular flexibility index (Phi) is 3.16. The molecule has 0 aliphatic carbocycles. The Bertz CT molecular complexity index is 718. The van der Waals surface area contributed by atoms with Crippen molar-refractivity contribution in [3.63, 3.8) is 0 Å². The lowest BCUT2D eigenvalue weighted by Gasteiger charge is -2.27. The Morgan fingerprint density at radius 1 is 1.48 bits per heavy atom. The van der Waals surface area contributed by atoms with Gasteiger partial charge in [-0.1, -0.05) is 19.8 Å². The number of hydrogen-bond donors (Lipinski definition) is 2. The molecule has 3 N–H and O–H groups in total. The van der Waals surface area contributed by atoms with Crippen molar-refractivity contribution < 1.29 is 9.84 Å². The Hall–Kier alpha value is -2.03. The lowest BCUT2D eigenvalue weighted by molar-refractivity contribution is -0.0446. The van der Waals surface area contributed by atoms with E-state index in [0.717, 1.165) is 11.2 Å². The second-order valence-electron chi connectivity index (χ2n) is 5.67. The predicted octanol–water partition coefficient (Wildman–Crippen LogP) is 1.41. The van der Waals surface area contributed by atoms with E-state index in [2.05, 4.69) is 11.0 Å². The fourth-order valence-corrected chi connectivity index (χ4v) is 3.20. The van der Waals surface area contributed by atoms with Gasteiger partial charge in [0, 0.05) is 12.1 Å². The van der Waals surface area contributed by atoms with E-state index in [9.17, 15) is 5.11 Å². The van der Waals surface area contributed by atoms with Gasteiger partial charge in [0.1, 0.15) is 0 Å². The SMILES string of the molecule is C#C[C@@]1(c2ccc3c(N)ccnn23)O[C@H](CO)[C@@H](C)[C@H]1C. The minimum atomic E-state index is -0.903. The van der Waals surface area contributed by atoms with Crippen molar-refractivity contribution in [2.45, 2.75) is 25.6 Å². The van der Waals surface area contributed by atoms with E-state index in [1.807, 2.05) is 26.0 Å². The lowest BCUT2D eigenvalue weighted by Crippen LogP contribution is -2.32. The number of ether oxygens (including phenoxy) is 1. The average molecular weight is 285 g/mol. The van der Waals surface area contributed by atoms with Crippen LogP contribution in [0.3, 0.4) is 0 Å². The summed E-state index contributed by atoms with van der Waals surface area (Å²) < 4.78 is 7.81. The maximum Gasteiger partial charge on any atom is 0.173 e. The maximum atomic E-state index is 9.50. The Labute approximate surface area is 123 Å². The molecule has 0 radical (unpaired) electrons. The van der Waals surface area contributed by atoms with Crippen LogP contribution in [-0.2, 0) is 10.3 Å². The van der Waals surface area contributed by atoms with Crippen LogP contribution in [0.2, 0.25) is 0 Å². The molecule has 3 heterocycles. The van der Waals surface area contributed by atoms with Crippen LogP contribution in [0.4, 0.5) is 5.69 Å². The number of aromatic nitrogens is 2. The Balaban J connectivity index is 2.20. The number of nitrogens with two attached hydrogens (primary N) is 1. The summed E-state index contributed by atoms with van der Waals surface area (Å²) in [6.45, 7) is 4.04. The van der Waals surface area contributed by atoms with Gasteiger partial charge in [0.2, 0.25) is 0 Å². The number of nitrogen functional groups attached to an aromatic ring is 1. The molecule has 1 fully saturated rings. The van der Waals surface area contributed by atoms with Crippen LogP contribution < -0.4 is 5.73 Å². The molecule has 3 rings (SSSR count). The highest BCUT2D eigenvalue weighted by Crippen LogP contribution is 2.47. The highest BCUT2D eigenvalue weighted by Gasteiger charge is 2.52. The van der Waals surface area contributed by atoms with Gasteiger partial charge in [-0.2, -0.15) is 5.10 Å². The monoisotopic (exact) mass is 285 g/mol. The predicted molar refractivity (Wildman–Crippen MR) is 80.4 cm³/mol. The van der Waals surface area contributed by atoms with Gasteiger partial charge in [0.25, 0.3) is 0 Å². The summed E-state index contributed by atoms with van der Waals surface area (Å²) in [5.41, 5.74) is 7.30. The summed E-state index contributed by atoms with van der Waals surface area (Å²) in [5, 5.41) is 13.8. The fraction of sp³-hybridized carbons (Fsp3) is 0.438. The zero-order valence-corrected chi connectivity index (χ0v) is 12.2. The molecule has 0 aromatic carbocycles. The van der Waals surface area contributed by atoms with Gasteiger partial charge in [-0.05, 0) is 24.1 Å². The zero-order chi connectivity index (χ0) is 15.2. The molecular formula is C16H19N3O2. The summed E-state index contributed by atoms with van der Waals surface area (Å²) in [6, 6.07) is 5.55. The highest BCUT2D eigenvalue weighted by atomic mass is 16.5. The number of anilines is 1. The van der Waals surface area contributed by atoms with Crippen LogP contribution in [0, 0.1) is 24.2 Å². The van der Waals surface area contributed by atoms with Gasteiger partial charge in [0.05, 0.1) is 29.6 Å². The van der Waals surface area contributed by atoms with Gasteiger partial charge in [-0.25, -0.2) is 4.52 Å². The van der Waals surface area contributed by atoms with Crippen molar-refractivity contribution in [3.05, 3.63) is 30.1 Å². The van der Waals surface area contributed by atoms with Crippen molar-refractivity contribution in [1.29, 1.82) is 0 Å². The molecule has 2 aromatic heterocycles. The molecular weight excluding hydrogens is 266 g/mol. The largest absolute Gasteiger partial charge is 0.397 e. The molecule has 0 saturated carbocycles. The van der Waals surface area contributed by atoms with Crippen molar-refractivity contribution in [3.8, 4) is 12.3 Å². The number of terminal acetylenes is 1. The van der Waals surface area contributed by atoms with Gasteiger partial charge >= 0.3 is 0 Å². The summed E-state index contributed by atoms with van der Waals surface area (Å²) >= 11 is 0. The highest BCUT2D eigenvalue weighted by molar-refractivity contribution is 5.69. The van der Waals surface area contributed by atoms with Crippen molar-refractivity contribution >= 4 is 11.2 Å². The summed E-state index contributed by atoms with van der Waals surface area (Å²) in [4.78, 5) is 0.